The van der Waals surface area contributed by atoms with Gasteiger partial charge >= 0.3 is 0 Å². The smallest absolute Gasteiger partial charge is 0.0218 e. The van der Waals surface area contributed by atoms with Crippen LogP contribution in [0.4, 0.5) is 0 Å². The van der Waals surface area contributed by atoms with E-state index in [2.05, 4.69) is 48.5 Å². The lowest BCUT2D eigenvalue weighted by Crippen LogP contribution is -2.43. The first-order valence-electron chi connectivity index (χ1n) is 7.16. The van der Waals surface area contributed by atoms with Gasteiger partial charge in [-0.25, -0.2) is 0 Å². The van der Waals surface area contributed by atoms with Crippen molar-refractivity contribution in [2.24, 2.45) is 5.92 Å². The highest BCUT2D eigenvalue weighted by Crippen LogP contribution is 2.16. The van der Waals surface area contributed by atoms with Gasteiger partial charge in [-0.15, -0.1) is 11.3 Å². The molecule has 1 aromatic heterocycles. The zero-order chi connectivity index (χ0) is 13.0. The van der Waals surface area contributed by atoms with E-state index in [9.17, 15) is 0 Å². The molecule has 2 unspecified atom stereocenters. The predicted molar refractivity (Wildman–Crippen MR) is 80.3 cm³/mol. The lowest BCUT2D eigenvalue weighted by molar-refractivity contribution is 0.195. The van der Waals surface area contributed by atoms with E-state index in [4.69, 9.17) is 0 Å². The fourth-order valence-corrected chi connectivity index (χ4v) is 3.32. The van der Waals surface area contributed by atoms with Crippen molar-refractivity contribution >= 4 is 11.3 Å². The maximum Gasteiger partial charge on any atom is 0.0218 e. The highest BCUT2D eigenvalue weighted by atomic mass is 32.1. The lowest BCUT2D eigenvalue weighted by atomic mass is 10.0. The maximum absolute atomic E-state index is 3.70. The van der Waals surface area contributed by atoms with Crippen LogP contribution in [0.5, 0.6) is 0 Å². The van der Waals surface area contributed by atoms with E-state index >= 15 is 0 Å². The van der Waals surface area contributed by atoms with Crippen molar-refractivity contribution in [3.63, 3.8) is 0 Å². The summed E-state index contributed by atoms with van der Waals surface area (Å²) in [4.78, 5) is 4.19. The third kappa shape index (κ3) is 3.81. The quantitative estimate of drug-likeness (QED) is 0.901. The Bertz CT molecular complexity index is 334. The van der Waals surface area contributed by atoms with Gasteiger partial charge in [-0.3, -0.25) is 4.90 Å². The van der Waals surface area contributed by atoms with Crippen LogP contribution < -0.4 is 5.32 Å². The minimum absolute atomic E-state index is 0.651. The van der Waals surface area contributed by atoms with Crippen LogP contribution in [-0.4, -0.2) is 36.6 Å². The molecule has 1 N–H and O–H groups in total. The molecule has 1 aliphatic rings. The standard InChI is InChI=1S/C15H26N2S/c1-12(2)15-11-17(13(3)6-8-16-15)9-7-14-5-4-10-18-14/h4-5,10,12-13,15-16H,6-9,11H2,1-3H3. The van der Waals surface area contributed by atoms with E-state index in [1.807, 2.05) is 11.3 Å². The molecule has 1 aromatic rings. The summed E-state index contributed by atoms with van der Waals surface area (Å²) in [5, 5.41) is 5.88. The van der Waals surface area contributed by atoms with Crippen LogP contribution in [0.2, 0.25) is 0 Å². The maximum atomic E-state index is 3.70. The Labute approximate surface area is 115 Å². The van der Waals surface area contributed by atoms with E-state index in [0.717, 1.165) is 5.92 Å². The second-order valence-electron chi connectivity index (χ2n) is 5.77. The van der Waals surface area contributed by atoms with Gasteiger partial charge in [0.15, 0.2) is 0 Å². The Kier molecular flexibility index (Phi) is 5.22. The molecule has 1 saturated heterocycles. The van der Waals surface area contributed by atoms with Gasteiger partial charge in [0.25, 0.3) is 0 Å². The Morgan fingerprint density at radius 1 is 1.50 bits per heavy atom. The molecule has 1 fully saturated rings. The highest BCUT2D eigenvalue weighted by Gasteiger charge is 2.24. The zero-order valence-corrected chi connectivity index (χ0v) is 12.7. The second kappa shape index (κ2) is 6.69. The molecule has 0 radical (unpaired) electrons. The molecule has 102 valence electrons. The molecule has 0 saturated carbocycles. The van der Waals surface area contributed by atoms with Gasteiger partial charge in [0.05, 0.1) is 0 Å². The molecule has 0 amide bonds. The zero-order valence-electron chi connectivity index (χ0n) is 11.9. The van der Waals surface area contributed by atoms with Crippen LogP contribution in [0, 0.1) is 5.92 Å². The van der Waals surface area contributed by atoms with E-state index < -0.39 is 0 Å². The van der Waals surface area contributed by atoms with Crippen LogP contribution in [0.25, 0.3) is 0 Å². The van der Waals surface area contributed by atoms with E-state index in [1.165, 1.54) is 37.4 Å². The van der Waals surface area contributed by atoms with Gasteiger partial charge in [0.1, 0.15) is 0 Å². The third-order valence-corrected chi connectivity index (χ3v) is 4.99. The molecule has 1 aliphatic heterocycles. The fraction of sp³-hybridized carbons (Fsp3) is 0.733. The van der Waals surface area contributed by atoms with E-state index in [0.29, 0.717) is 12.1 Å². The molecule has 2 heterocycles. The van der Waals surface area contributed by atoms with Gasteiger partial charge < -0.3 is 5.32 Å². The van der Waals surface area contributed by atoms with Crippen molar-refractivity contribution in [1.29, 1.82) is 0 Å². The monoisotopic (exact) mass is 266 g/mol. The van der Waals surface area contributed by atoms with E-state index in [-0.39, 0.29) is 0 Å². The summed E-state index contributed by atoms with van der Waals surface area (Å²) < 4.78 is 0. The van der Waals surface area contributed by atoms with Gasteiger partial charge in [0, 0.05) is 30.1 Å². The molecule has 2 rings (SSSR count). The SMILES string of the molecule is CC(C)C1CN(CCc2cccs2)C(C)CCN1. The number of nitrogens with one attached hydrogen (secondary N) is 1. The second-order valence-corrected chi connectivity index (χ2v) is 6.80. The molecule has 0 spiro atoms. The summed E-state index contributed by atoms with van der Waals surface area (Å²) in [6.07, 6.45) is 2.47. The number of hydrogen-bond donors (Lipinski definition) is 1. The molecule has 3 heteroatoms. The predicted octanol–water partition coefficient (Wildman–Crippen LogP) is 3.00. The first kappa shape index (κ1) is 14.0. The van der Waals surface area contributed by atoms with Crippen molar-refractivity contribution in [2.45, 2.75) is 45.7 Å². The largest absolute Gasteiger partial charge is 0.312 e. The summed E-state index contributed by atoms with van der Waals surface area (Å²) in [7, 11) is 0. The highest BCUT2D eigenvalue weighted by molar-refractivity contribution is 7.09. The van der Waals surface area contributed by atoms with Gasteiger partial charge in [-0.1, -0.05) is 19.9 Å². The van der Waals surface area contributed by atoms with Crippen LogP contribution >= 0.6 is 11.3 Å². The van der Waals surface area contributed by atoms with Crippen LogP contribution in [0.1, 0.15) is 32.1 Å². The average Bonchev–Trinajstić information content (AvgIpc) is 2.77. The van der Waals surface area contributed by atoms with E-state index in [1.54, 1.807) is 0 Å². The molecule has 2 nitrogen and oxygen atoms in total. The van der Waals surface area contributed by atoms with Gasteiger partial charge in [-0.2, -0.15) is 0 Å². The Balaban J connectivity index is 1.90. The van der Waals surface area contributed by atoms with Crippen LogP contribution in [0.15, 0.2) is 17.5 Å². The summed E-state index contributed by atoms with van der Waals surface area (Å²) in [5.41, 5.74) is 0. The number of hydrogen-bond acceptors (Lipinski definition) is 3. The Hall–Kier alpha value is -0.380. The minimum atomic E-state index is 0.651. The van der Waals surface area contributed by atoms with Crippen molar-refractivity contribution in [3.8, 4) is 0 Å². The lowest BCUT2D eigenvalue weighted by Gasteiger charge is -2.30. The fourth-order valence-electron chi connectivity index (χ4n) is 2.62. The third-order valence-electron chi connectivity index (χ3n) is 4.05. The molecular weight excluding hydrogens is 240 g/mol. The topological polar surface area (TPSA) is 15.3 Å². The molecular formula is C15H26N2S. The van der Waals surface area contributed by atoms with Crippen LogP contribution in [-0.2, 0) is 6.42 Å². The number of nitrogens with zero attached hydrogens (tertiary/aromatic N) is 1. The Morgan fingerprint density at radius 2 is 2.33 bits per heavy atom. The molecule has 0 aliphatic carbocycles. The Morgan fingerprint density at radius 3 is 3.00 bits per heavy atom. The normalized spacial score (nSPS) is 26.4. The van der Waals surface area contributed by atoms with Crippen molar-refractivity contribution in [3.05, 3.63) is 22.4 Å². The number of rotatable bonds is 4. The summed E-state index contributed by atoms with van der Waals surface area (Å²) >= 11 is 1.88. The minimum Gasteiger partial charge on any atom is -0.312 e. The summed E-state index contributed by atoms with van der Waals surface area (Å²) in [5.74, 6) is 0.722. The van der Waals surface area contributed by atoms with Gasteiger partial charge in [0.2, 0.25) is 0 Å². The molecule has 0 bridgehead atoms. The van der Waals surface area contributed by atoms with Gasteiger partial charge in [-0.05, 0) is 43.7 Å². The molecule has 18 heavy (non-hydrogen) atoms. The first-order valence-corrected chi connectivity index (χ1v) is 8.04. The average molecular weight is 266 g/mol. The van der Waals surface area contributed by atoms with Crippen LogP contribution in [0.3, 0.4) is 0 Å². The van der Waals surface area contributed by atoms with Crippen molar-refractivity contribution in [2.75, 3.05) is 19.6 Å². The molecule has 0 aromatic carbocycles. The molecule has 2 atom stereocenters. The number of thiophene rings is 1. The van der Waals surface area contributed by atoms with Crippen molar-refractivity contribution < 1.29 is 0 Å². The summed E-state index contributed by atoms with van der Waals surface area (Å²) in [6, 6.07) is 5.77. The first-order chi connectivity index (χ1) is 8.66. The van der Waals surface area contributed by atoms with Crippen molar-refractivity contribution in [1.82, 2.24) is 10.2 Å². The summed E-state index contributed by atoms with van der Waals surface area (Å²) in [6.45, 7) is 10.6.